The number of fused-ring (bicyclic) bond motifs is 1. The Morgan fingerprint density at radius 1 is 1.00 bits per heavy atom. The Hall–Kier alpha value is -2.97. The monoisotopic (exact) mass is 496 g/mol. The highest BCUT2D eigenvalue weighted by Crippen LogP contribution is 2.24. The molecule has 7 nitrogen and oxygen atoms in total. The Kier molecular flexibility index (Phi) is 9.23. The number of para-hydroxylation sites is 2. The zero-order valence-electron chi connectivity index (χ0n) is 21.1. The van der Waals surface area contributed by atoms with Crippen LogP contribution in [-0.2, 0) is 10.1 Å². The maximum atomic E-state index is 10.4. The van der Waals surface area contributed by atoms with Gasteiger partial charge < -0.3 is 9.45 Å². The fraction of sp³-hybridized carbons (Fsp3) is 0.407. The number of aryl methyl sites for hydroxylation is 1. The number of hydrogen-bond acceptors (Lipinski definition) is 6. The first-order valence-electron chi connectivity index (χ1n) is 12.3. The van der Waals surface area contributed by atoms with Crippen molar-refractivity contribution in [1.29, 1.82) is 0 Å². The van der Waals surface area contributed by atoms with Crippen LogP contribution in [0.3, 0.4) is 0 Å². The third kappa shape index (κ3) is 6.80. The van der Waals surface area contributed by atoms with Gasteiger partial charge in [0, 0.05) is 6.54 Å². The van der Waals surface area contributed by atoms with Crippen molar-refractivity contribution < 1.29 is 17.5 Å². The molecule has 0 fully saturated rings. The van der Waals surface area contributed by atoms with Crippen molar-refractivity contribution in [3.63, 3.8) is 0 Å². The molecule has 0 saturated carbocycles. The highest BCUT2D eigenvalue weighted by molar-refractivity contribution is 7.85. The molecule has 188 valence electrons. The van der Waals surface area contributed by atoms with Crippen molar-refractivity contribution in [1.82, 2.24) is 14.8 Å². The summed E-state index contributed by atoms with van der Waals surface area (Å²) in [6.45, 7) is 10.9. The number of benzene rings is 2. The molecule has 1 atom stereocenters. The molecule has 0 bridgehead atoms. The SMILES string of the molecule is CCCCN1C=C([n+]2ccnc3ccccc32)N(CCCC)C1C.Cc1ccc(S(=O)(=O)[O-])cc1. The maximum Gasteiger partial charge on any atom is 0.299 e. The fourth-order valence-electron chi connectivity index (χ4n) is 4.07. The van der Waals surface area contributed by atoms with E-state index in [0.717, 1.165) is 29.7 Å². The second-order valence-corrected chi connectivity index (χ2v) is 10.2. The standard InChI is InChI=1S/C20H29N4.C7H8O3S/c1-4-6-13-22-16-20(23(17(22)3)14-7-5-2)24-15-12-21-18-10-8-9-11-19(18)24;1-6-2-4-7(5-3-6)11(8,9)10/h8-12,15-17H,4-7,13-14H2,1-3H3;2-5H,1H3,(H,8,9,10)/q+1;/p-1. The Balaban J connectivity index is 0.000000261. The lowest BCUT2D eigenvalue weighted by Crippen LogP contribution is -2.45. The van der Waals surface area contributed by atoms with Gasteiger partial charge in [0.25, 0.3) is 5.82 Å². The molecule has 0 aliphatic carbocycles. The smallest absolute Gasteiger partial charge is 0.299 e. The van der Waals surface area contributed by atoms with Gasteiger partial charge in [-0.3, -0.25) is 0 Å². The molecule has 0 saturated heterocycles. The molecule has 0 N–H and O–H groups in total. The largest absolute Gasteiger partial charge is 0.744 e. The van der Waals surface area contributed by atoms with E-state index in [1.54, 1.807) is 12.1 Å². The van der Waals surface area contributed by atoms with Gasteiger partial charge in [0.15, 0.2) is 11.7 Å². The van der Waals surface area contributed by atoms with Crippen LogP contribution in [0.5, 0.6) is 0 Å². The van der Waals surface area contributed by atoms with E-state index in [1.165, 1.54) is 43.6 Å². The Morgan fingerprint density at radius 2 is 1.66 bits per heavy atom. The number of rotatable bonds is 8. The molecule has 3 aromatic rings. The summed E-state index contributed by atoms with van der Waals surface area (Å²) in [6.07, 6.45) is 11.6. The van der Waals surface area contributed by atoms with Crippen molar-refractivity contribution in [3.8, 4) is 0 Å². The lowest BCUT2D eigenvalue weighted by atomic mass is 10.2. The Morgan fingerprint density at radius 3 is 2.31 bits per heavy atom. The molecule has 1 aliphatic rings. The highest BCUT2D eigenvalue weighted by atomic mass is 32.2. The number of aromatic nitrogens is 2. The topological polar surface area (TPSA) is 80.5 Å². The minimum absolute atomic E-state index is 0.178. The summed E-state index contributed by atoms with van der Waals surface area (Å²) in [5.74, 6) is 1.27. The van der Waals surface area contributed by atoms with E-state index in [1.807, 2.05) is 19.2 Å². The zero-order chi connectivity index (χ0) is 25.4. The average Bonchev–Trinajstić information content (AvgIpc) is 3.16. The second kappa shape index (κ2) is 12.1. The van der Waals surface area contributed by atoms with E-state index in [9.17, 15) is 13.0 Å². The van der Waals surface area contributed by atoms with E-state index in [2.05, 4.69) is 70.7 Å². The molecule has 4 rings (SSSR count). The van der Waals surface area contributed by atoms with Crippen LogP contribution >= 0.6 is 0 Å². The third-order valence-electron chi connectivity index (χ3n) is 6.16. The van der Waals surface area contributed by atoms with Crippen molar-refractivity contribution in [2.45, 2.75) is 64.4 Å². The van der Waals surface area contributed by atoms with Gasteiger partial charge in [-0.15, -0.1) is 0 Å². The normalized spacial score (nSPS) is 15.7. The van der Waals surface area contributed by atoms with Gasteiger partial charge in [-0.05, 0) is 51.0 Å². The van der Waals surface area contributed by atoms with E-state index in [4.69, 9.17) is 0 Å². The Bertz CT molecular complexity index is 1240. The first-order chi connectivity index (χ1) is 16.8. The molecule has 2 heterocycles. The first-order valence-corrected chi connectivity index (χ1v) is 13.7. The maximum absolute atomic E-state index is 10.4. The lowest BCUT2D eigenvalue weighted by molar-refractivity contribution is -0.564. The Labute approximate surface area is 209 Å². The molecule has 0 spiro atoms. The van der Waals surface area contributed by atoms with Crippen LogP contribution in [0.4, 0.5) is 0 Å². The zero-order valence-corrected chi connectivity index (χ0v) is 21.9. The minimum atomic E-state index is -4.27. The summed E-state index contributed by atoms with van der Waals surface area (Å²) >= 11 is 0. The van der Waals surface area contributed by atoms with Crippen LogP contribution in [0.25, 0.3) is 16.9 Å². The van der Waals surface area contributed by atoms with Crippen molar-refractivity contribution in [3.05, 3.63) is 72.7 Å². The summed E-state index contributed by atoms with van der Waals surface area (Å²) in [6, 6.07) is 14.2. The predicted molar refractivity (Wildman–Crippen MR) is 138 cm³/mol. The van der Waals surface area contributed by atoms with Crippen LogP contribution in [0.1, 0.15) is 52.0 Å². The number of unbranched alkanes of at least 4 members (excludes halogenated alkanes) is 2. The van der Waals surface area contributed by atoms with Gasteiger partial charge in [-0.1, -0.05) is 56.5 Å². The summed E-state index contributed by atoms with van der Waals surface area (Å²) in [7, 11) is -4.27. The van der Waals surface area contributed by atoms with Crippen LogP contribution in [0, 0.1) is 6.92 Å². The minimum Gasteiger partial charge on any atom is -0.744 e. The van der Waals surface area contributed by atoms with Crippen molar-refractivity contribution in [2.75, 3.05) is 13.1 Å². The van der Waals surface area contributed by atoms with Gasteiger partial charge in [-0.2, -0.15) is 4.57 Å². The van der Waals surface area contributed by atoms with Crippen LogP contribution in [0.15, 0.2) is 72.0 Å². The molecule has 35 heavy (non-hydrogen) atoms. The predicted octanol–water partition coefficient (Wildman–Crippen LogP) is 4.74. The molecular weight excluding hydrogens is 460 g/mol. The lowest BCUT2D eigenvalue weighted by Gasteiger charge is -2.25. The van der Waals surface area contributed by atoms with E-state index in [0.29, 0.717) is 6.17 Å². The van der Waals surface area contributed by atoms with Gasteiger partial charge in [-0.25, -0.2) is 18.3 Å². The van der Waals surface area contributed by atoms with Crippen LogP contribution < -0.4 is 4.57 Å². The molecule has 1 aliphatic heterocycles. The number of hydrogen-bond donors (Lipinski definition) is 0. The highest BCUT2D eigenvalue weighted by Gasteiger charge is 2.36. The molecule has 8 heteroatoms. The van der Waals surface area contributed by atoms with Gasteiger partial charge in [0.2, 0.25) is 0 Å². The fourth-order valence-corrected chi connectivity index (χ4v) is 4.54. The molecule has 1 unspecified atom stereocenters. The quantitative estimate of drug-likeness (QED) is 0.331. The molecular formula is C27H36N4O3S. The number of nitrogens with zero attached hydrogens (tertiary/aromatic N) is 4. The van der Waals surface area contributed by atoms with Crippen LogP contribution in [-0.4, -0.2) is 47.0 Å². The third-order valence-corrected chi connectivity index (χ3v) is 7.01. The summed E-state index contributed by atoms with van der Waals surface area (Å²) in [4.78, 5) is 9.35. The van der Waals surface area contributed by atoms with E-state index in [-0.39, 0.29) is 4.90 Å². The average molecular weight is 497 g/mol. The molecule has 2 aromatic carbocycles. The molecule has 1 aromatic heterocycles. The van der Waals surface area contributed by atoms with Gasteiger partial charge in [0.05, 0.1) is 23.8 Å². The van der Waals surface area contributed by atoms with Crippen LogP contribution in [0.2, 0.25) is 0 Å². The second-order valence-electron chi connectivity index (χ2n) is 8.81. The van der Waals surface area contributed by atoms with Gasteiger partial charge >= 0.3 is 0 Å². The summed E-state index contributed by atoms with van der Waals surface area (Å²) in [5, 5.41) is 0. The summed E-state index contributed by atoms with van der Waals surface area (Å²) < 4.78 is 33.5. The van der Waals surface area contributed by atoms with Crippen molar-refractivity contribution in [2.24, 2.45) is 0 Å². The van der Waals surface area contributed by atoms with E-state index >= 15 is 0 Å². The van der Waals surface area contributed by atoms with Gasteiger partial charge in [0.1, 0.15) is 21.8 Å². The van der Waals surface area contributed by atoms with Crippen molar-refractivity contribution >= 4 is 27.0 Å². The van der Waals surface area contributed by atoms with E-state index < -0.39 is 10.1 Å². The first kappa shape index (κ1) is 26.6. The molecule has 0 amide bonds. The molecule has 0 radical (unpaired) electrons. The summed E-state index contributed by atoms with van der Waals surface area (Å²) in [5.41, 5.74) is 3.13.